The van der Waals surface area contributed by atoms with Gasteiger partial charge in [0.1, 0.15) is 12.4 Å². The number of nitrogens with two attached hydrogens (primary N) is 1. The van der Waals surface area contributed by atoms with Gasteiger partial charge in [-0.2, -0.15) is 0 Å². The molecule has 2 N–H and O–H groups in total. The first-order chi connectivity index (χ1) is 9.19. The van der Waals surface area contributed by atoms with Crippen molar-refractivity contribution in [1.29, 1.82) is 0 Å². The molecule has 0 saturated heterocycles. The molecular formula is C16H20N2O. The molecule has 3 nitrogen and oxygen atoms in total. The fourth-order valence-electron chi connectivity index (χ4n) is 2.06. The Morgan fingerprint density at radius 2 is 1.95 bits per heavy atom. The summed E-state index contributed by atoms with van der Waals surface area (Å²) in [6.45, 7) is 5.28. The van der Waals surface area contributed by atoms with Gasteiger partial charge in [-0.25, -0.2) is 0 Å². The van der Waals surface area contributed by atoms with Gasteiger partial charge >= 0.3 is 0 Å². The van der Waals surface area contributed by atoms with Crippen LogP contribution in [0.25, 0.3) is 0 Å². The molecule has 0 aliphatic heterocycles. The van der Waals surface area contributed by atoms with Gasteiger partial charge in [0.15, 0.2) is 0 Å². The van der Waals surface area contributed by atoms with Crippen LogP contribution in [0.3, 0.4) is 0 Å². The molecule has 0 unspecified atom stereocenters. The van der Waals surface area contributed by atoms with Crippen molar-refractivity contribution in [1.82, 2.24) is 4.98 Å². The molecule has 0 amide bonds. The lowest BCUT2D eigenvalue weighted by Crippen LogP contribution is -2.06. The van der Waals surface area contributed by atoms with E-state index in [2.05, 4.69) is 30.1 Å². The van der Waals surface area contributed by atoms with Crippen molar-refractivity contribution in [3.8, 4) is 5.75 Å². The molecule has 0 aliphatic carbocycles. The van der Waals surface area contributed by atoms with E-state index in [1.807, 2.05) is 25.4 Å². The summed E-state index contributed by atoms with van der Waals surface area (Å²) in [6.07, 6.45) is 4.52. The van der Waals surface area contributed by atoms with Crippen molar-refractivity contribution < 1.29 is 4.74 Å². The highest BCUT2D eigenvalue weighted by Crippen LogP contribution is 2.21. The van der Waals surface area contributed by atoms with E-state index < -0.39 is 0 Å². The average molecular weight is 256 g/mol. The molecule has 3 heteroatoms. The van der Waals surface area contributed by atoms with Crippen LogP contribution >= 0.6 is 0 Å². The lowest BCUT2D eigenvalue weighted by molar-refractivity contribution is 0.302. The fourth-order valence-corrected chi connectivity index (χ4v) is 2.06. The lowest BCUT2D eigenvalue weighted by Gasteiger charge is -2.12. The Morgan fingerprint density at radius 1 is 1.11 bits per heavy atom. The molecule has 0 bridgehead atoms. The molecule has 1 aromatic heterocycles. The Labute approximate surface area is 114 Å². The quantitative estimate of drug-likeness (QED) is 0.895. The van der Waals surface area contributed by atoms with Crippen LogP contribution in [0.1, 0.15) is 22.3 Å². The third kappa shape index (κ3) is 3.80. The number of ether oxygens (including phenoxy) is 1. The molecule has 0 fully saturated rings. The number of benzene rings is 1. The summed E-state index contributed by atoms with van der Waals surface area (Å²) >= 11 is 0. The predicted molar refractivity (Wildman–Crippen MR) is 77.2 cm³/mol. The zero-order valence-electron chi connectivity index (χ0n) is 11.5. The first kappa shape index (κ1) is 13.6. The van der Waals surface area contributed by atoms with Crippen LogP contribution in [0.4, 0.5) is 0 Å². The number of aryl methyl sites for hydroxylation is 2. The standard InChI is InChI=1S/C16H20N2O/c1-12-3-4-16(15(8-12)5-6-17)19-11-14-7-13(2)9-18-10-14/h3-4,7-10H,5-6,11,17H2,1-2H3. The minimum absolute atomic E-state index is 0.537. The van der Waals surface area contributed by atoms with Crippen molar-refractivity contribution in [2.45, 2.75) is 26.9 Å². The van der Waals surface area contributed by atoms with E-state index in [0.29, 0.717) is 13.2 Å². The Bertz CT molecular complexity index is 552. The van der Waals surface area contributed by atoms with Crippen LogP contribution in [-0.2, 0) is 13.0 Å². The van der Waals surface area contributed by atoms with Crippen LogP contribution in [0.2, 0.25) is 0 Å². The molecular weight excluding hydrogens is 236 g/mol. The summed E-state index contributed by atoms with van der Waals surface area (Å²) in [7, 11) is 0. The van der Waals surface area contributed by atoms with Gasteiger partial charge < -0.3 is 10.5 Å². The number of aromatic nitrogens is 1. The van der Waals surface area contributed by atoms with Crippen LogP contribution < -0.4 is 10.5 Å². The van der Waals surface area contributed by atoms with Crippen LogP contribution in [0.5, 0.6) is 5.75 Å². The predicted octanol–water partition coefficient (Wildman–Crippen LogP) is 2.78. The number of rotatable bonds is 5. The van der Waals surface area contributed by atoms with E-state index in [0.717, 1.165) is 23.3 Å². The van der Waals surface area contributed by atoms with Crippen LogP contribution in [0.15, 0.2) is 36.7 Å². The van der Waals surface area contributed by atoms with E-state index in [1.165, 1.54) is 11.1 Å². The third-order valence-corrected chi connectivity index (χ3v) is 2.96. The summed E-state index contributed by atoms with van der Waals surface area (Å²) in [5.74, 6) is 0.914. The van der Waals surface area contributed by atoms with Gasteiger partial charge in [0.2, 0.25) is 0 Å². The van der Waals surface area contributed by atoms with E-state index in [4.69, 9.17) is 10.5 Å². The van der Waals surface area contributed by atoms with Crippen molar-refractivity contribution in [3.63, 3.8) is 0 Å². The third-order valence-electron chi connectivity index (χ3n) is 2.96. The van der Waals surface area contributed by atoms with Crippen molar-refractivity contribution in [2.24, 2.45) is 5.73 Å². The first-order valence-corrected chi connectivity index (χ1v) is 6.52. The van der Waals surface area contributed by atoms with E-state index in [-0.39, 0.29) is 0 Å². The summed E-state index contributed by atoms with van der Waals surface area (Å²) in [5, 5.41) is 0. The van der Waals surface area contributed by atoms with Gasteiger partial charge in [0.25, 0.3) is 0 Å². The maximum Gasteiger partial charge on any atom is 0.123 e. The zero-order chi connectivity index (χ0) is 13.7. The smallest absolute Gasteiger partial charge is 0.123 e. The second-order valence-electron chi connectivity index (χ2n) is 4.81. The van der Waals surface area contributed by atoms with Gasteiger partial charge in [0.05, 0.1) is 0 Å². The largest absolute Gasteiger partial charge is 0.489 e. The maximum atomic E-state index is 5.89. The highest BCUT2D eigenvalue weighted by Gasteiger charge is 2.04. The molecule has 2 rings (SSSR count). The summed E-state index contributed by atoms with van der Waals surface area (Å²) in [5.41, 5.74) is 10.3. The normalized spacial score (nSPS) is 10.5. The van der Waals surface area contributed by atoms with Gasteiger partial charge in [-0.15, -0.1) is 0 Å². The number of hydrogen-bond acceptors (Lipinski definition) is 3. The Kier molecular flexibility index (Phi) is 4.53. The number of hydrogen-bond donors (Lipinski definition) is 1. The average Bonchev–Trinajstić information content (AvgIpc) is 2.38. The van der Waals surface area contributed by atoms with E-state index in [9.17, 15) is 0 Å². The molecule has 19 heavy (non-hydrogen) atoms. The Balaban J connectivity index is 2.10. The highest BCUT2D eigenvalue weighted by molar-refractivity contribution is 5.37. The molecule has 1 heterocycles. The first-order valence-electron chi connectivity index (χ1n) is 6.52. The van der Waals surface area contributed by atoms with Gasteiger partial charge in [-0.3, -0.25) is 4.98 Å². The van der Waals surface area contributed by atoms with Crippen molar-refractivity contribution in [3.05, 3.63) is 58.9 Å². The monoisotopic (exact) mass is 256 g/mol. The minimum Gasteiger partial charge on any atom is -0.489 e. The van der Waals surface area contributed by atoms with E-state index in [1.54, 1.807) is 0 Å². The molecule has 0 spiro atoms. The summed E-state index contributed by atoms with van der Waals surface area (Å²) in [6, 6.07) is 8.30. The topological polar surface area (TPSA) is 48.1 Å². The zero-order valence-corrected chi connectivity index (χ0v) is 11.5. The van der Waals surface area contributed by atoms with Gasteiger partial charge in [-0.1, -0.05) is 17.7 Å². The SMILES string of the molecule is Cc1cncc(COc2ccc(C)cc2CCN)c1. The molecule has 1 aromatic carbocycles. The molecule has 0 atom stereocenters. The Morgan fingerprint density at radius 3 is 2.68 bits per heavy atom. The minimum atomic E-state index is 0.537. The summed E-state index contributed by atoms with van der Waals surface area (Å²) < 4.78 is 5.89. The van der Waals surface area contributed by atoms with E-state index >= 15 is 0 Å². The summed E-state index contributed by atoms with van der Waals surface area (Å²) in [4.78, 5) is 4.17. The molecule has 0 aliphatic rings. The van der Waals surface area contributed by atoms with Gasteiger partial charge in [0, 0.05) is 18.0 Å². The lowest BCUT2D eigenvalue weighted by atomic mass is 10.1. The van der Waals surface area contributed by atoms with Crippen molar-refractivity contribution >= 4 is 0 Å². The molecule has 0 radical (unpaired) electrons. The fraction of sp³-hybridized carbons (Fsp3) is 0.312. The second kappa shape index (κ2) is 6.34. The maximum absolute atomic E-state index is 5.89. The molecule has 2 aromatic rings. The van der Waals surface area contributed by atoms with Crippen LogP contribution in [-0.4, -0.2) is 11.5 Å². The molecule has 100 valence electrons. The highest BCUT2D eigenvalue weighted by atomic mass is 16.5. The van der Waals surface area contributed by atoms with Crippen LogP contribution in [0, 0.1) is 13.8 Å². The number of pyridine rings is 1. The second-order valence-corrected chi connectivity index (χ2v) is 4.81. The Hall–Kier alpha value is -1.87. The number of nitrogens with zero attached hydrogens (tertiary/aromatic N) is 1. The van der Waals surface area contributed by atoms with Crippen molar-refractivity contribution in [2.75, 3.05) is 6.54 Å². The van der Waals surface area contributed by atoms with Gasteiger partial charge in [-0.05, 0) is 50.1 Å². The molecule has 0 saturated carbocycles.